The van der Waals surface area contributed by atoms with Crippen molar-refractivity contribution in [3.8, 4) is 5.75 Å². The first-order valence-electron chi connectivity index (χ1n) is 8.29. The number of aryl methyl sites for hydroxylation is 1. The molecule has 2 aromatic carbocycles. The van der Waals surface area contributed by atoms with Crippen molar-refractivity contribution < 1.29 is 27.5 Å². The molecular weight excluding hydrogens is 384 g/mol. The smallest absolute Gasteiger partial charge is 0.337 e. The third-order valence-electron chi connectivity index (χ3n) is 3.86. The highest BCUT2D eigenvalue weighted by molar-refractivity contribution is 7.89. The molecule has 0 aliphatic carbocycles. The van der Waals surface area contributed by atoms with Crippen molar-refractivity contribution in [2.45, 2.75) is 11.8 Å². The summed E-state index contributed by atoms with van der Waals surface area (Å²) < 4.78 is 35.6. The van der Waals surface area contributed by atoms with E-state index in [1.54, 1.807) is 25.1 Å². The molecule has 0 bridgehead atoms. The highest BCUT2D eigenvalue weighted by Gasteiger charge is 2.18. The molecule has 0 saturated carbocycles. The lowest BCUT2D eigenvalue weighted by molar-refractivity contribution is -0.118. The fourth-order valence-electron chi connectivity index (χ4n) is 2.29. The number of amides is 1. The molecule has 150 valence electrons. The van der Waals surface area contributed by atoms with Crippen LogP contribution in [0.25, 0.3) is 0 Å². The lowest BCUT2D eigenvalue weighted by atomic mass is 10.1. The molecule has 2 aromatic rings. The van der Waals surface area contributed by atoms with Gasteiger partial charge in [-0.1, -0.05) is 12.1 Å². The number of nitrogens with zero attached hydrogens (tertiary/aromatic N) is 1. The van der Waals surface area contributed by atoms with Crippen LogP contribution in [-0.4, -0.2) is 52.4 Å². The summed E-state index contributed by atoms with van der Waals surface area (Å²) in [5.74, 6) is -0.600. The largest absolute Gasteiger partial charge is 0.483 e. The second-order valence-corrected chi connectivity index (χ2v) is 8.28. The maximum atomic E-state index is 12.2. The van der Waals surface area contributed by atoms with E-state index in [0.717, 1.165) is 9.87 Å². The van der Waals surface area contributed by atoms with Crippen molar-refractivity contribution in [3.05, 3.63) is 53.6 Å². The highest BCUT2D eigenvalue weighted by Crippen LogP contribution is 2.21. The number of rotatable bonds is 7. The lowest BCUT2D eigenvalue weighted by Crippen LogP contribution is -2.23. The maximum absolute atomic E-state index is 12.2. The van der Waals surface area contributed by atoms with Crippen molar-refractivity contribution in [3.63, 3.8) is 0 Å². The standard InChI is InChI=1S/C19H22N2O6S/c1-13-8-9-14(19(23)26-4)10-17(13)27-12-18(22)20-15-6-5-7-16(11-15)28(24,25)21(2)3/h5-11H,12H2,1-4H3,(H,20,22). The van der Waals surface area contributed by atoms with E-state index in [1.807, 2.05) is 0 Å². The van der Waals surface area contributed by atoms with Crippen molar-refractivity contribution in [2.24, 2.45) is 0 Å². The van der Waals surface area contributed by atoms with E-state index in [-0.39, 0.29) is 11.5 Å². The van der Waals surface area contributed by atoms with Gasteiger partial charge in [0.05, 0.1) is 17.6 Å². The first-order chi connectivity index (χ1) is 13.1. The van der Waals surface area contributed by atoms with E-state index in [9.17, 15) is 18.0 Å². The zero-order valence-electron chi connectivity index (χ0n) is 16.1. The summed E-state index contributed by atoms with van der Waals surface area (Å²) in [4.78, 5) is 23.9. The van der Waals surface area contributed by atoms with Crippen LogP contribution in [-0.2, 0) is 19.6 Å². The molecular formula is C19H22N2O6S. The van der Waals surface area contributed by atoms with Gasteiger partial charge in [-0.3, -0.25) is 4.79 Å². The van der Waals surface area contributed by atoms with Crippen LogP contribution in [0.1, 0.15) is 15.9 Å². The molecule has 8 nitrogen and oxygen atoms in total. The summed E-state index contributed by atoms with van der Waals surface area (Å²) in [5.41, 5.74) is 1.39. The van der Waals surface area contributed by atoms with Crippen LogP contribution >= 0.6 is 0 Å². The van der Waals surface area contributed by atoms with Gasteiger partial charge < -0.3 is 14.8 Å². The van der Waals surface area contributed by atoms with Crippen LogP contribution in [0.2, 0.25) is 0 Å². The number of ether oxygens (including phenoxy) is 2. The second-order valence-electron chi connectivity index (χ2n) is 6.12. The number of methoxy groups -OCH3 is 1. The van der Waals surface area contributed by atoms with Crippen molar-refractivity contribution >= 4 is 27.6 Å². The Morgan fingerprint density at radius 3 is 2.46 bits per heavy atom. The third-order valence-corrected chi connectivity index (χ3v) is 5.68. The number of anilines is 1. The molecule has 0 unspecified atom stereocenters. The predicted molar refractivity (Wildman–Crippen MR) is 104 cm³/mol. The Balaban J connectivity index is 2.07. The van der Waals surface area contributed by atoms with Crippen LogP contribution in [0, 0.1) is 6.92 Å². The van der Waals surface area contributed by atoms with Gasteiger partial charge in [-0.05, 0) is 42.8 Å². The number of sulfonamides is 1. The number of nitrogens with one attached hydrogen (secondary N) is 1. The molecule has 0 aliphatic heterocycles. The van der Waals surface area contributed by atoms with E-state index in [0.29, 0.717) is 17.0 Å². The van der Waals surface area contributed by atoms with E-state index in [4.69, 9.17) is 4.74 Å². The van der Waals surface area contributed by atoms with Gasteiger partial charge in [0, 0.05) is 19.8 Å². The van der Waals surface area contributed by atoms with Gasteiger partial charge in [-0.25, -0.2) is 17.5 Å². The van der Waals surface area contributed by atoms with Crippen LogP contribution in [0.5, 0.6) is 5.75 Å². The number of esters is 1. The Kier molecular flexibility index (Phi) is 6.76. The lowest BCUT2D eigenvalue weighted by Gasteiger charge is -2.13. The quantitative estimate of drug-likeness (QED) is 0.706. The van der Waals surface area contributed by atoms with E-state index < -0.39 is 21.9 Å². The number of hydrogen-bond acceptors (Lipinski definition) is 6. The van der Waals surface area contributed by atoms with Gasteiger partial charge in [0.15, 0.2) is 6.61 Å². The SMILES string of the molecule is COC(=O)c1ccc(C)c(OCC(=O)Nc2cccc(S(=O)(=O)N(C)C)c2)c1. The molecule has 0 atom stereocenters. The van der Waals surface area contributed by atoms with E-state index in [2.05, 4.69) is 10.1 Å². The second kappa shape index (κ2) is 8.85. The zero-order valence-corrected chi connectivity index (χ0v) is 16.9. The first-order valence-corrected chi connectivity index (χ1v) is 9.73. The molecule has 2 rings (SSSR count). The number of benzene rings is 2. The molecule has 0 radical (unpaired) electrons. The van der Waals surface area contributed by atoms with Crippen LogP contribution in [0.4, 0.5) is 5.69 Å². The maximum Gasteiger partial charge on any atom is 0.337 e. The fourth-order valence-corrected chi connectivity index (χ4v) is 3.23. The molecule has 0 aromatic heterocycles. The van der Waals surface area contributed by atoms with Gasteiger partial charge >= 0.3 is 5.97 Å². The molecule has 0 saturated heterocycles. The number of carbonyl (C=O) groups is 2. The summed E-state index contributed by atoms with van der Waals surface area (Å²) in [5, 5.41) is 2.59. The molecule has 0 spiro atoms. The molecule has 1 amide bonds. The molecule has 0 heterocycles. The molecule has 0 fully saturated rings. The first kappa shape index (κ1) is 21.4. The number of hydrogen-bond donors (Lipinski definition) is 1. The molecule has 9 heteroatoms. The fraction of sp³-hybridized carbons (Fsp3) is 0.263. The molecule has 28 heavy (non-hydrogen) atoms. The highest BCUT2D eigenvalue weighted by atomic mass is 32.2. The van der Waals surface area contributed by atoms with Gasteiger partial charge in [-0.15, -0.1) is 0 Å². The summed E-state index contributed by atoms with van der Waals surface area (Å²) >= 11 is 0. The normalized spacial score (nSPS) is 11.2. The zero-order chi connectivity index (χ0) is 20.9. The summed E-state index contributed by atoms with van der Waals surface area (Å²) in [7, 11) is 0.534. The van der Waals surface area contributed by atoms with Crippen LogP contribution in [0.3, 0.4) is 0 Å². The molecule has 1 N–H and O–H groups in total. The monoisotopic (exact) mass is 406 g/mol. The van der Waals surface area contributed by atoms with Crippen molar-refractivity contribution in [1.29, 1.82) is 0 Å². The van der Waals surface area contributed by atoms with E-state index in [1.165, 1.54) is 45.5 Å². The van der Waals surface area contributed by atoms with Crippen LogP contribution in [0.15, 0.2) is 47.4 Å². The number of carbonyl (C=O) groups excluding carboxylic acids is 2. The summed E-state index contributed by atoms with van der Waals surface area (Å²) in [6.45, 7) is 1.47. The summed E-state index contributed by atoms with van der Waals surface area (Å²) in [6, 6.07) is 10.7. The Bertz CT molecular complexity index is 986. The predicted octanol–water partition coefficient (Wildman–Crippen LogP) is 2.05. The van der Waals surface area contributed by atoms with Gasteiger partial charge in [0.1, 0.15) is 5.75 Å². The van der Waals surface area contributed by atoms with Gasteiger partial charge in [-0.2, -0.15) is 0 Å². The Morgan fingerprint density at radius 2 is 1.82 bits per heavy atom. The van der Waals surface area contributed by atoms with Crippen LogP contribution < -0.4 is 10.1 Å². The average molecular weight is 406 g/mol. The third kappa shape index (κ3) is 5.08. The molecule has 0 aliphatic rings. The topological polar surface area (TPSA) is 102 Å². The minimum atomic E-state index is -3.60. The Labute approximate surface area is 164 Å². The Hall–Kier alpha value is -2.91. The van der Waals surface area contributed by atoms with E-state index >= 15 is 0 Å². The van der Waals surface area contributed by atoms with Crippen molar-refractivity contribution in [1.82, 2.24) is 4.31 Å². The van der Waals surface area contributed by atoms with Crippen molar-refractivity contribution in [2.75, 3.05) is 33.1 Å². The Morgan fingerprint density at radius 1 is 1.11 bits per heavy atom. The summed E-state index contributed by atoms with van der Waals surface area (Å²) in [6.07, 6.45) is 0. The van der Waals surface area contributed by atoms with Gasteiger partial charge in [0.25, 0.3) is 5.91 Å². The average Bonchev–Trinajstić information content (AvgIpc) is 2.66. The minimum absolute atomic E-state index is 0.0674. The minimum Gasteiger partial charge on any atom is -0.483 e. The van der Waals surface area contributed by atoms with Gasteiger partial charge in [0.2, 0.25) is 10.0 Å².